The van der Waals surface area contributed by atoms with Crippen molar-refractivity contribution in [3.05, 3.63) is 64.7 Å². The van der Waals surface area contributed by atoms with Gasteiger partial charge in [-0.1, -0.05) is 42.8 Å². The molecule has 0 aliphatic heterocycles. The molecule has 2 nitrogen and oxygen atoms in total. The zero-order valence-corrected chi connectivity index (χ0v) is 13.4. The predicted molar refractivity (Wildman–Crippen MR) is 88.8 cm³/mol. The molecule has 0 fully saturated rings. The fourth-order valence-corrected chi connectivity index (χ4v) is 2.05. The van der Waals surface area contributed by atoms with Gasteiger partial charge < -0.3 is 10.1 Å². The van der Waals surface area contributed by atoms with Gasteiger partial charge in [0.15, 0.2) is 0 Å². The van der Waals surface area contributed by atoms with Gasteiger partial charge >= 0.3 is 0 Å². The molecule has 0 aliphatic rings. The number of nitrogens with one attached hydrogen (secondary N) is 1. The number of benzene rings is 2. The summed E-state index contributed by atoms with van der Waals surface area (Å²) in [5.74, 6) is 0.897. The maximum atomic E-state index is 5.87. The van der Waals surface area contributed by atoms with Crippen molar-refractivity contribution in [1.29, 1.82) is 0 Å². The molecule has 0 saturated heterocycles. The van der Waals surface area contributed by atoms with Crippen LogP contribution < -0.4 is 10.1 Å². The Kier molecular flexibility index (Phi) is 6.09. The van der Waals surface area contributed by atoms with Crippen molar-refractivity contribution < 1.29 is 4.74 Å². The van der Waals surface area contributed by atoms with E-state index in [1.165, 1.54) is 5.56 Å². The highest BCUT2D eigenvalue weighted by Crippen LogP contribution is 2.16. The summed E-state index contributed by atoms with van der Waals surface area (Å²) in [6.45, 7) is 5.80. The third kappa shape index (κ3) is 5.41. The molecule has 0 amide bonds. The molecule has 0 bridgehead atoms. The second-order valence-corrected chi connectivity index (χ2v) is 5.69. The standard InChI is InChI=1S/C18H22ClNO/c1-3-14(2)20-12-16-5-4-6-18(11-16)21-13-15-7-9-17(19)10-8-15/h4-11,14,20H,3,12-13H2,1-2H3. The van der Waals surface area contributed by atoms with E-state index < -0.39 is 0 Å². The fraction of sp³-hybridized carbons (Fsp3) is 0.333. The molecule has 2 aromatic carbocycles. The number of ether oxygens (including phenoxy) is 1. The van der Waals surface area contributed by atoms with Crippen molar-refractivity contribution in [2.45, 2.75) is 39.5 Å². The summed E-state index contributed by atoms with van der Waals surface area (Å²) in [4.78, 5) is 0. The first kappa shape index (κ1) is 15.9. The summed E-state index contributed by atoms with van der Waals surface area (Å²) in [6.07, 6.45) is 1.13. The second kappa shape index (κ2) is 8.06. The zero-order valence-electron chi connectivity index (χ0n) is 12.6. The predicted octanol–water partition coefficient (Wildman–Crippen LogP) is 4.81. The fourth-order valence-electron chi connectivity index (χ4n) is 1.93. The van der Waals surface area contributed by atoms with Gasteiger partial charge in [0.25, 0.3) is 0 Å². The Morgan fingerprint density at radius 2 is 1.86 bits per heavy atom. The molecule has 0 spiro atoms. The SMILES string of the molecule is CCC(C)NCc1cccc(OCc2ccc(Cl)cc2)c1. The van der Waals surface area contributed by atoms with Gasteiger partial charge in [0.2, 0.25) is 0 Å². The van der Waals surface area contributed by atoms with E-state index in [0.717, 1.165) is 29.3 Å². The van der Waals surface area contributed by atoms with E-state index in [1.54, 1.807) is 0 Å². The lowest BCUT2D eigenvalue weighted by Gasteiger charge is -2.12. The van der Waals surface area contributed by atoms with Gasteiger partial charge in [-0.2, -0.15) is 0 Å². The van der Waals surface area contributed by atoms with Crippen molar-refractivity contribution in [2.24, 2.45) is 0 Å². The van der Waals surface area contributed by atoms with E-state index in [1.807, 2.05) is 36.4 Å². The Balaban J connectivity index is 1.90. The van der Waals surface area contributed by atoms with Crippen molar-refractivity contribution in [2.75, 3.05) is 0 Å². The van der Waals surface area contributed by atoms with Crippen LogP contribution in [0.3, 0.4) is 0 Å². The monoisotopic (exact) mass is 303 g/mol. The molecule has 0 aromatic heterocycles. The first-order valence-electron chi connectivity index (χ1n) is 7.37. The van der Waals surface area contributed by atoms with Gasteiger partial charge in [0.1, 0.15) is 12.4 Å². The minimum Gasteiger partial charge on any atom is -0.489 e. The van der Waals surface area contributed by atoms with Crippen LogP contribution in [0.25, 0.3) is 0 Å². The van der Waals surface area contributed by atoms with E-state index >= 15 is 0 Å². The molecular formula is C18H22ClNO. The Labute approximate surface area is 132 Å². The third-order valence-corrected chi connectivity index (χ3v) is 3.74. The topological polar surface area (TPSA) is 21.3 Å². The van der Waals surface area contributed by atoms with Gasteiger partial charge in [-0.05, 0) is 48.7 Å². The molecule has 1 unspecified atom stereocenters. The van der Waals surface area contributed by atoms with Crippen molar-refractivity contribution in [3.63, 3.8) is 0 Å². The highest BCUT2D eigenvalue weighted by molar-refractivity contribution is 6.30. The van der Waals surface area contributed by atoms with E-state index in [2.05, 4.69) is 31.3 Å². The Hall–Kier alpha value is -1.51. The van der Waals surface area contributed by atoms with Gasteiger partial charge in [-0.25, -0.2) is 0 Å². The van der Waals surface area contributed by atoms with Crippen molar-refractivity contribution in [3.8, 4) is 5.75 Å². The number of hydrogen-bond donors (Lipinski definition) is 1. The maximum Gasteiger partial charge on any atom is 0.120 e. The van der Waals surface area contributed by atoms with Crippen LogP contribution in [0, 0.1) is 0 Å². The summed E-state index contributed by atoms with van der Waals surface area (Å²) >= 11 is 5.87. The lowest BCUT2D eigenvalue weighted by atomic mass is 10.2. The number of halogens is 1. The van der Waals surface area contributed by atoms with Gasteiger partial charge in [-0.3, -0.25) is 0 Å². The molecule has 2 rings (SSSR count). The molecule has 0 heterocycles. The molecule has 0 aliphatic carbocycles. The minimum atomic E-state index is 0.531. The van der Waals surface area contributed by atoms with Crippen LogP contribution in [0.4, 0.5) is 0 Å². The van der Waals surface area contributed by atoms with Crippen LogP contribution in [0.2, 0.25) is 5.02 Å². The Bertz CT molecular complexity index is 553. The zero-order chi connectivity index (χ0) is 15.1. The van der Waals surface area contributed by atoms with Crippen LogP contribution in [-0.2, 0) is 13.2 Å². The highest BCUT2D eigenvalue weighted by Gasteiger charge is 2.01. The highest BCUT2D eigenvalue weighted by atomic mass is 35.5. The minimum absolute atomic E-state index is 0.531. The summed E-state index contributed by atoms with van der Waals surface area (Å²) in [7, 11) is 0. The van der Waals surface area contributed by atoms with Gasteiger partial charge in [-0.15, -0.1) is 0 Å². The molecular weight excluding hydrogens is 282 g/mol. The van der Waals surface area contributed by atoms with Crippen LogP contribution in [0.5, 0.6) is 5.75 Å². The molecule has 1 N–H and O–H groups in total. The molecule has 0 saturated carbocycles. The lowest BCUT2D eigenvalue weighted by Crippen LogP contribution is -2.24. The summed E-state index contributed by atoms with van der Waals surface area (Å²) in [6, 6.07) is 16.5. The molecule has 1 atom stereocenters. The van der Waals surface area contributed by atoms with Crippen molar-refractivity contribution in [1.82, 2.24) is 5.32 Å². The molecule has 112 valence electrons. The second-order valence-electron chi connectivity index (χ2n) is 5.25. The van der Waals surface area contributed by atoms with Crippen LogP contribution in [0.1, 0.15) is 31.4 Å². The lowest BCUT2D eigenvalue weighted by molar-refractivity contribution is 0.306. The van der Waals surface area contributed by atoms with E-state index in [0.29, 0.717) is 12.6 Å². The quantitative estimate of drug-likeness (QED) is 0.793. The molecule has 0 radical (unpaired) electrons. The summed E-state index contributed by atoms with van der Waals surface area (Å²) in [5, 5.41) is 4.23. The van der Waals surface area contributed by atoms with Crippen molar-refractivity contribution >= 4 is 11.6 Å². The molecule has 2 aromatic rings. The first-order valence-corrected chi connectivity index (χ1v) is 7.74. The Morgan fingerprint density at radius 1 is 1.10 bits per heavy atom. The van der Waals surface area contributed by atoms with Crippen LogP contribution >= 0.6 is 11.6 Å². The maximum absolute atomic E-state index is 5.87. The van der Waals surface area contributed by atoms with Gasteiger partial charge in [0, 0.05) is 17.6 Å². The normalized spacial score (nSPS) is 12.1. The average molecular weight is 304 g/mol. The smallest absolute Gasteiger partial charge is 0.120 e. The molecule has 3 heteroatoms. The number of rotatable bonds is 7. The summed E-state index contributed by atoms with van der Waals surface area (Å²) < 4.78 is 5.83. The Morgan fingerprint density at radius 3 is 2.57 bits per heavy atom. The van der Waals surface area contributed by atoms with E-state index in [4.69, 9.17) is 16.3 Å². The third-order valence-electron chi connectivity index (χ3n) is 3.48. The van der Waals surface area contributed by atoms with E-state index in [-0.39, 0.29) is 0 Å². The summed E-state index contributed by atoms with van der Waals surface area (Å²) in [5.41, 5.74) is 2.35. The number of hydrogen-bond acceptors (Lipinski definition) is 2. The van der Waals surface area contributed by atoms with Gasteiger partial charge in [0.05, 0.1) is 0 Å². The largest absolute Gasteiger partial charge is 0.489 e. The first-order chi connectivity index (χ1) is 10.2. The van der Waals surface area contributed by atoms with Crippen LogP contribution in [0.15, 0.2) is 48.5 Å². The average Bonchev–Trinajstić information content (AvgIpc) is 2.52. The van der Waals surface area contributed by atoms with Crippen LogP contribution in [-0.4, -0.2) is 6.04 Å². The van der Waals surface area contributed by atoms with E-state index in [9.17, 15) is 0 Å². The molecule has 21 heavy (non-hydrogen) atoms.